The van der Waals surface area contributed by atoms with Crippen LogP contribution in [0.2, 0.25) is 0 Å². The molecule has 0 aliphatic carbocycles. The molecule has 2 aromatic heterocycles. The Morgan fingerprint density at radius 3 is 2.19 bits per heavy atom. The summed E-state index contributed by atoms with van der Waals surface area (Å²) in [5.41, 5.74) is 3.22. The lowest BCUT2D eigenvalue weighted by Crippen LogP contribution is -2.25. The molecule has 6 aromatic rings. The van der Waals surface area contributed by atoms with Gasteiger partial charge in [-0.1, -0.05) is 69.3 Å². The Morgan fingerprint density at radius 2 is 1.43 bits per heavy atom. The quantitative estimate of drug-likeness (QED) is 0.214. The minimum atomic E-state index is -3.36. The van der Waals surface area contributed by atoms with Gasteiger partial charge in [0, 0.05) is 44.9 Å². The van der Waals surface area contributed by atoms with E-state index in [0.29, 0.717) is 28.4 Å². The van der Waals surface area contributed by atoms with E-state index in [1.165, 1.54) is 17.0 Å². The highest BCUT2D eigenvalue weighted by Crippen LogP contribution is 2.45. The van der Waals surface area contributed by atoms with E-state index in [-0.39, 0.29) is 17.8 Å². The predicted octanol–water partition coefficient (Wildman–Crippen LogP) is 9.16. The minimum Gasteiger partial charge on any atom is -0.355 e. The number of halogens is 2. The average Bonchev–Trinajstić information content (AvgIpc) is 3.57. The number of fused-ring (bicyclic) bond motifs is 4. The number of anilines is 3. The van der Waals surface area contributed by atoms with Gasteiger partial charge in [-0.25, -0.2) is 4.98 Å². The zero-order chi connectivity index (χ0) is 31.7. The number of aromatic nitrogens is 2. The van der Waals surface area contributed by atoms with Crippen LogP contribution < -0.4 is 9.80 Å². The van der Waals surface area contributed by atoms with Gasteiger partial charge in [0.1, 0.15) is 5.82 Å². The summed E-state index contributed by atoms with van der Waals surface area (Å²) in [6.45, 7) is 3.58. The smallest absolute Gasteiger partial charge is 0.298 e. The van der Waals surface area contributed by atoms with Crippen LogP contribution in [0, 0.1) is 0 Å². The summed E-state index contributed by atoms with van der Waals surface area (Å²) in [4.78, 5) is 7.67. The monoisotopic (exact) mass is 561 g/mol. The van der Waals surface area contributed by atoms with Crippen molar-refractivity contribution in [2.45, 2.75) is 32.1 Å². The number of pyridine rings is 1. The zero-order valence-electron chi connectivity index (χ0n) is 26.6. The summed E-state index contributed by atoms with van der Waals surface area (Å²) in [5, 5.41) is 1.81. The molecule has 3 heterocycles. The second-order valence-corrected chi connectivity index (χ2v) is 11.9. The van der Waals surface area contributed by atoms with Crippen molar-refractivity contribution in [2.75, 3.05) is 23.4 Å². The van der Waals surface area contributed by atoms with E-state index in [1.807, 2.05) is 86.0 Å². The van der Waals surface area contributed by atoms with Crippen molar-refractivity contribution in [3.05, 3.63) is 126 Å². The second kappa shape index (κ2) is 9.41. The van der Waals surface area contributed by atoms with Gasteiger partial charge in [0.15, 0.2) is 0 Å². The van der Waals surface area contributed by atoms with Crippen molar-refractivity contribution < 1.29 is 12.9 Å². The summed E-state index contributed by atoms with van der Waals surface area (Å²) in [6, 6.07) is 30.4. The zero-order valence-corrected chi connectivity index (χ0v) is 23.6. The van der Waals surface area contributed by atoms with E-state index in [2.05, 4.69) is 4.98 Å². The van der Waals surface area contributed by atoms with Crippen LogP contribution in [0.4, 0.5) is 25.8 Å². The molecule has 4 aromatic carbocycles. The Kier molecular flexibility index (Phi) is 5.14. The average molecular weight is 562 g/mol. The van der Waals surface area contributed by atoms with Crippen LogP contribution in [0.15, 0.2) is 109 Å². The maximum absolute atomic E-state index is 16.9. The molecule has 4 nitrogen and oxygen atoms in total. The summed E-state index contributed by atoms with van der Waals surface area (Å²) < 4.78 is 59.9. The van der Waals surface area contributed by atoms with Crippen LogP contribution in [0.3, 0.4) is 0 Å². The van der Waals surface area contributed by atoms with Gasteiger partial charge < -0.3 is 9.80 Å². The number of para-hydroxylation sites is 3. The van der Waals surface area contributed by atoms with E-state index < -0.39 is 18.3 Å². The van der Waals surface area contributed by atoms with Gasteiger partial charge in [-0.15, -0.1) is 0 Å². The maximum atomic E-state index is 16.9. The molecule has 0 unspecified atom stereocenters. The minimum absolute atomic E-state index is 0.0184. The van der Waals surface area contributed by atoms with Crippen molar-refractivity contribution in [1.29, 1.82) is 0 Å². The van der Waals surface area contributed by atoms with E-state index in [1.54, 1.807) is 41.4 Å². The SMILES string of the molecule is [2H]C([2H])([2H])N1CN(c2cc(C(C)(C)C)cc(C(F)(F)c3ccc4c5ccccc5n(-c5ccccn5)c4c3)c2)c2ccccc21. The van der Waals surface area contributed by atoms with E-state index in [0.717, 1.165) is 21.9 Å². The van der Waals surface area contributed by atoms with Gasteiger partial charge in [0.2, 0.25) is 0 Å². The number of nitrogens with zero attached hydrogens (tertiary/aromatic N) is 4. The molecular formula is C36H32F2N4. The van der Waals surface area contributed by atoms with Crippen LogP contribution in [0.1, 0.15) is 41.6 Å². The summed E-state index contributed by atoms with van der Waals surface area (Å²) in [5.74, 6) is -2.72. The summed E-state index contributed by atoms with van der Waals surface area (Å²) >= 11 is 0. The fourth-order valence-electron chi connectivity index (χ4n) is 5.88. The molecule has 0 N–H and O–H groups in total. The van der Waals surface area contributed by atoms with E-state index >= 15 is 8.78 Å². The highest BCUT2D eigenvalue weighted by Gasteiger charge is 2.37. The van der Waals surface area contributed by atoms with Crippen LogP contribution in [-0.2, 0) is 11.3 Å². The lowest BCUT2D eigenvalue weighted by molar-refractivity contribution is 0.0428. The molecule has 0 saturated carbocycles. The third kappa shape index (κ3) is 4.13. The molecule has 210 valence electrons. The number of rotatable bonds is 4. The Morgan fingerprint density at radius 1 is 0.714 bits per heavy atom. The number of hydrogen-bond acceptors (Lipinski definition) is 3. The van der Waals surface area contributed by atoms with Crippen molar-refractivity contribution >= 4 is 38.9 Å². The third-order valence-corrected chi connectivity index (χ3v) is 8.12. The van der Waals surface area contributed by atoms with Crippen LogP contribution in [-0.4, -0.2) is 23.2 Å². The van der Waals surface area contributed by atoms with Gasteiger partial charge in [-0.05, 0) is 65.6 Å². The standard InChI is InChI=1S/C36H32F2N4/c1-35(2,3)25-19-26(21-27(20-25)41-23-40(4)31-13-7-8-14-32(31)41)36(37,38)24-16-17-29-28-11-5-6-12-30(28)42(33(29)22-24)34-15-9-10-18-39-34/h5-22H,23H2,1-4H3/i4D3. The molecule has 1 aliphatic rings. The molecule has 0 fully saturated rings. The predicted molar refractivity (Wildman–Crippen MR) is 169 cm³/mol. The van der Waals surface area contributed by atoms with E-state index in [9.17, 15) is 0 Å². The first-order valence-electron chi connectivity index (χ1n) is 15.5. The van der Waals surface area contributed by atoms with Gasteiger partial charge in [-0.2, -0.15) is 8.78 Å². The van der Waals surface area contributed by atoms with Gasteiger partial charge in [-0.3, -0.25) is 4.57 Å². The van der Waals surface area contributed by atoms with Gasteiger partial charge >= 0.3 is 0 Å². The summed E-state index contributed by atoms with van der Waals surface area (Å²) in [7, 11) is 0. The maximum Gasteiger partial charge on any atom is 0.298 e. The topological polar surface area (TPSA) is 24.3 Å². The lowest BCUT2D eigenvalue weighted by Gasteiger charge is -2.28. The Balaban J connectivity index is 1.40. The van der Waals surface area contributed by atoms with Gasteiger partial charge in [0.25, 0.3) is 5.92 Å². The highest BCUT2D eigenvalue weighted by atomic mass is 19.3. The van der Waals surface area contributed by atoms with Crippen LogP contribution >= 0.6 is 0 Å². The Labute approximate surface area is 248 Å². The molecular weight excluding hydrogens is 526 g/mol. The lowest BCUT2D eigenvalue weighted by atomic mass is 9.84. The number of alkyl halides is 2. The largest absolute Gasteiger partial charge is 0.355 e. The highest BCUT2D eigenvalue weighted by molar-refractivity contribution is 6.09. The van der Waals surface area contributed by atoms with Crippen molar-refractivity contribution in [3.8, 4) is 5.82 Å². The fourth-order valence-corrected chi connectivity index (χ4v) is 5.88. The molecule has 0 spiro atoms. The fraction of sp³-hybridized carbons (Fsp3) is 0.194. The van der Waals surface area contributed by atoms with Gasteiger partial charge in [0.05, 0.1) is 29.1 Å². The number of hydrogen-bond donors (Lipinski definition) is 0. The van der Waals surface area contributed by atoms with Crippen molar-refractivity contribution in [2.24, 2.45) is 0 Å². The first-order chi connectivity index (χ1) is 21.3. The van der Waals surface area contributed by atoms with Crippen LogP contribution in [0.5, 0.6) is 0 Å². The molecule has 0 atom stereocenters. The van der Waals surface area contributed by atoms with Crippen molar-refractivity contribution in [1.82, 2.24) is 9.55 Å². The Hall–Kier alpha value is -4.71. The molecule has 42 heavy (non-hydrogen) atoms. The normalized spacial score (nSPS) is 15.1. The molecule has 1 aliphatic heterocycles. The molecule has 0 saturated heterocycles. The van der Waals surface area contributed by atoms with Crippen LogP contribution in [0.25, 0.3) is 27.6 Å². The molecule has 0 bridgehead atoms. The van der Waals surface area contributed by atoms with E-state index in [4.69, 9.17) is 4.11 Å². The first-order valence-corrected chi connectivity index (χ1v) is 14.0. The summed E-state index contributed by atoms with van der Waals surface area (Å²) in [6.07, 6.45) is 1.69. The third-order valence-electron chi connectivity index (χ3n) is 8.12. The molecule has 0 amide bonds. The Bertz CT molecular complexity index is 2060. The molecule has 7 rings (SSSR count). The first kappa shape index (κ1) is 22.9. The molecule has 6 heteroatoms. The van der Waals surface area contributed by atoms with Crippen molar-refractivity contribution in [3.63, 3.8) is 0 Å². The molecule has 0 radical (unpaired) electrons. The number of benzene rings is 4. The second-order valence-electron chi connectivity index (χ2n) is 11.9.